The molecule has 4 N–H and O–H groups in total. The van der Waals surface area contributed by atoms with Crippen LogP contribution in [0.15, 0.2) is 78.5 Å². The van der Waals surface area contributed by atoms with E-state index in [1.165, 1.54) is 13.0 Å². The Hall–Kier alpha value is -0.250. The maximum atomic E-state index is 12.9. The van der Waals surface area contributed by atoms with Crippen LogP contribution in [0.25, 0.3) is 5.69 Å². The number of nitrogens with one attached hydrogen (secondary N) is 1. The second-order valence-corrected chi connectivity index (χ2v) is 12.9. The average Bonchev–Trinajstić information content (AvgIpc) is 3.30. The van der Waals surface area contributed by atoms with Gasteiger partial charge >= 0.3 is 118 Å². The van der Waals surface area contributed by atoms with E-state index in [0.717, 1.165) is 47.3 Å². The van der Waals surface area contributed by atoms with Crippen LogP contribution in [0.3, 0.4) is 0 Å². The van der Waals surface area contributed by atoms with Crippen LogP contribution in [0.2, 0.25) is 0 Å². The van der Waals surface area contributed by atoms with Crippen LogP contribution < -0.4 is 140 Å². The molecule has 21 nitrogen and oxygen atoms in total. The number of aromatic nitrogens is 3. The third kappa shape index (κ3) is 13.5. The number of pyridine rings is 1. The third-order valence-corrected chi connectivity index (χ3v) is 8.49. The molecule has 2 heterocycles. The number of carbonyl (C=O) groups excluding carboxylic acids is 1. The van der Waals surface area contributed by atoms with Gasteiger partial charge in [-0.05, 0) is 49.4 Å². The molecular weight excluding hydrogens is 807 g/mol. The molecule has 4 rings (SSSR count). The first-order valence-corrected chi connectivity index (χ1v) is 16.2. The Morgan fingerprint density at radius 1 is 0.922 bits per heavy atom. The summed E-state index contributed by atoms with van der Waals surface area (Å²) in [5.74, 6) is -2.50. The molecule has 0 aliphatic rings. The predicted molar refractivity (Wildman–Crippen MR) is 149 cm³/mol. The van der Waals surface area contributed by atoms with Crippen molar-refractivity contribution in [3.8, 4) is 11.4 Å². The van der Waals surface area contributed by atoms with Gasteiger partial charge < -0.3 is 35.8 Å². The smallest absolute Gasteiger partial charge is 0.744 e. The molecule has 0 radical (unpaired) electrons. The van der Waals surface area contributed by atoms with Crippen LogP contribution in [0.5, 0.6) is 5.75 Å². The zero-order valence-corrected chi connectivity index (χ0v) is 38.1. The van der Waals surface area contributed by atoms with Gasteiger partial charge in [-0.15, -0.1) is 10.2 Å². The SMILES string of the molecule is Cc1nn(-c2cc(S(=O)(=O)[O-])ccc2SOO[O-])c(N)c1N=Nc1ccnc(NC(=O)c2cc(SOO[O-])cc(S(=O)(=O)[O-])c2)c1O.[Na+].[Na+].[Na+].[Na+]. The number of nitrogen functional groups attached to an aromatic ring is 1. The van der Waals surface area contributed by atoms with Crippen molar-refractivity contribution in [3.63, 3.8) is 0 Å². The van der Waals surface area contributed by atoms with Crippen molar-refractivity contribution in [1.82, 2.24) is 14.8 Å². The number of hydrogen-bond donors (Lipinski definition) is 3. The Morgan fingerprint density at radius 3 is 2.16 bits per heavy atom. The molecule has 0 atom stereocenters. The van der Waals surface area contributed by atoms with Gasteiger partial charge in [0, 0.05) is 16.7 Å². The number of anilines is 2. The normalized spacial score (nSPS) is 11.2. The molecule has 250 valence electrons. The van der Waals surface area contributed by atoms with Crippen LogP contribution in [-0.4, -0.2) is 51.7 Å². The molecule has 2 aromatic heterocycles. The van der Waals surface area contributed by atoms with E-state index in [0.29, 0.717) is 12.0 Å². The predicted octanol–water partition coefficient (Wildman–Crippen LogP) is -11.2. The monoisotopic (exact) mass is 821 g/mol. The summed E-state index contributed by atoms with van der Waals surface area (Å²) in [5.41, 5.74) is 5.40. The number of hydrogen-bond acceptors (Lipinski definition) is 21. The number of aromatic hydroxyl groups is 1. The Kier molecular flexibility index (Phi) is 22.2. The van der Waals surface area contributed by atoms with E-state index in [2.05, 4.69) is 44.4 Å². The number of rotatable bonds is 13. The first-order valence-electron chi connectivity index (χ1n) is 11.9. The van der Waals surface area contributed by atoms with Gasteiger partial charge in [0.25, 0.3) is 5.91 Å². The van der Waals surface area contributed by atoms with Gasteiger partial charge in [0.15, 0.2) is 23.1 Å². The molecular formula is C22H15N7Na4O14S4. The largest absolute Gasteiger partial charge is 1.00 e. The van der Waals surface area contributed by atoms with Crippen molar-refractivity contribution in [2.45, 2.75) is 26.5 Å². The molecule has 0 fully saturated rings. The van der Waals surface area contributed by atoms with Crippen LogP contribution in [0.1, 0.15) is 16.1 Å². The molecule has 0 saturated carbocycles. The fraction of sp³-hybridized carbons (Fsp3) is 0.0455. The Balaban J connectivity index is 0.00000625. The van der Waals surface area contributed by atoms with Gasteiger partial charge in [0.2, 0.25) is 0 Å². The summed E-state index contributed by atoms with van der Waals surface area (Å²) in [6, 6.07) is 6.79. The van der Waals surface area contributed by atoms with Crippen molar-refractivity contribution >= 4 is 73.2 Å². The zero-order chi connectivity index (χ0) is 34.5. The number of azo groups is 1. The second kappa shape index (κ2) is 22.3. The van der Waals surface area contributed by atoms with E-state index in [1.807, 2.05) is 0 Å². The van der Waals surface area contributed by atoms with Crippen molar-refractivity contribution < 1.29 is 183 Å². The zero-order valence-electron chi connectivity index (χ0n) is 26.8. The summed E-state index contributed by atoms with van der Waals surface area (Å²) in [6.45, 7) is 1.44. The molecule has 0 unspecified atom stereocenters. The molecule has 0 spiro atoms. The third-order valence-electron chi connectivity index (χ3n) is 5.64. The quantitative estimate of drug-likeness (QED) is 0.0281. The summed E-state index contributed by atoms with van der Waals surface area (Å²) in [4.78, 5) is 15.1. The maximum Gasteiger partial charge on any atom is 1.00 e. The van der Waals surface area contributed by atoms with Gasteiger partial charge in [0.05, 0.1) is 50.2 Å². The van der Waals surface area contributed by atoms with E-state index < -0.39 is 53.1 Å². The number of nitrogens with zero attached hydrogens (tertiary/aromatic N) is 5. The van der Waals surface area contributed by atoms with Gasteiger partial charge in [-0.25, -0.2) is 26.5 Å². The van der Waals surface area contributed by atoms with E-state index in [9.17, 15) is 46.4 Å². The van der Waals surface area contributed by atoms with Gasteiger partial charge in [-0.2, -0.15) is 13.8 Å². The van der Waals surface area contributed by atoms with E-state index >= 15 is 0 Å². The van der Waals surface area contributed by atoms with E-state index in [-0.39, 0.29) is 169 Å². The molecule has 2 aromatic carbocycles. The summed E-state index contributed by atoms with van der Waals surface area (Å²) in [6.07, 6.45) is 1.11. The van der Waals surface area contributed by atoms with Crippen LogP contribution in [-0.2, 0) is 39.0 Å². The molecule has 0 bridgehead atoms. The summed E-state index contributed by atoms with van der Waals surface area (Å²) >= 11 is 0.574. The topological polar surface area (TPSA) is 328 Å². The summed E-state index contributed by atoms with van der Waals surface area (Å²) < 4.78 is 78.8. The first kappa shape index (κ1) is 50.8. The van der Waals surface area contributed by atoms with Gasteiger partial charge in [0.1, 0.15) is 25.9 Å². The van der Waals surface area contributed by atoms with E-state index in [4.69, 9.17) is 5.73 Å². The molecule has 0 saturated heterocycles. The van der Waals surface area contributed by atoms with E-state index in [1.54, 1.807) is 0 Å². The fourth-order valence-corrected chi connectivity index (χ4v) is 5.65. The second-order valence-electron chi connectivity index (χ2n) is 8.58. The van der Waals surface area contributed by atoms with Crippen LogP contribution >= 0.6 is 24.1 Å². The summed E-state index contributed by atoms with van der Waals surface area (Å²) in [7, 11) is -9.99. The molecule has 0 aliphatic heterocycles. The number of nitrogens with two attached hydrogens (primary N) is 1. The van der Waals surface area contributed by atoms with Gasteiger partial charge in [-0.1, -0.05) is 0 Å². The van der Waals surface area contributed by atoms with Crippen LogP contribution in [0.4, 0.5) is 23.0 Å². The first-order chi connectivity index (χ1) is 22.1. The molecule has 51 heavy (non-hydrogen) atoms. The standard InChI is InChI=1S/C22H19N7O14S4.4Na/c1-10-18(20(23)29(28-10)16-9-13(46(34,35)36)2-3-17(16)45-43-41-33)27-26-15-4-5-24-21(19(15)30)25-22(31)11-6-12(44-42-40-32)8-14(7-11)47(37,38)39;;;;/h2-9,30,32-33H,23H2,1H3,(H,24,25,31)(H,34,35,36)(H,37,38,39);;;;/q;4*+1/p-4. The Morgan fingerprint density at radius 2 is 1.55 bits per heavy atom. The minimum absolute atomic E-state index is 0. The number of aryl methyl sites for hydroxylation is 1. The molecule has 4 aromatic rings. The van der Waals surface area contributed by atoms with Gasteiger partial charge in [-0.3, -0.25) is 14.9 Å². The van der Waals surface area contributed by atoms with Crippen molar-refractivity contribution in [1.29, 1.82) is 0 Å². The van der Waals surface area contributed by atoms with Crippen molar-refractivity contribution in [2.24, 2.45) is 10.2 Å². The minimum atomic E-state index is -5.06. The minimum Gasteiger partial charge on any atom is -0.744 e. The average molecular weight is 822 g/mol. The molecule has 29 heteroatoms. The number of benzene rings is 2. The fourth-order valence-electron chi connectivity index (χ4n) is 3.63. The molecule has 1 amide bonds. The van der Waals surface area contributed by atoms with Crippen molar-refractivity contribution in [3.05, 3.63) is 59.9 Å². The number of carbonyl (C=O) groups is 1. The Labute approximate surface area is 385 Å². The summed E-state index contributed by atoms with van der Waals surface area (Å²) in [5, 5.41) is 51.9. The maximum absolute atomic E-state index is 12.9. The van der Waals surface area contributed by atoms with Crippen LogP contribution in [0, 0.1) is 6.92 Å². The Bertz CT molecular complexity index is 2090. The molecule has 0 aliphatic carbocycles. The number of amides is 1. The van der Waals surface area contributed by atoms with Crippen molar-refractivity contribution in [2.75, 3.05) is 11.1 Å².